The summed E-state index contributed by atoms with van der Waals surface area (Å²) in [5, 5.41) is 6.92. The number of nitrogens with one attached hydrogen (secondary N) is 2. The van der Waals surface area contributed by atoms with Crippen LogP contribution in [0.1, 0.15) is 51.6 Å². The van der Waals surface area contributed by atoms with Crippen LogP contribution in [0.3, 0.4) is 0 Å². The predicted octanol–water partition coefficient (Wildman–Crippen LogP) is 2.67. The number of fused-ring (bicyclic) bond motifs is 1. The van der Waals surface area contributed by atoms with E-state index in [2.05, 4.69) is 37.5 Å². The SMILES string of the molecule is CCCNC(=NCC1CCS(=O)(=O)C1)NC1CC(C)(C)Oc2ccccc21. The molecule has 0 saturated carbocycles. The van der Waals surface area contributed by atoms with Gasteiger partial charge in [-0.1, -0.05) is 25.1 Å². The summed E-state index contributed by atoms with van der Waals surface area (Å²) in [6, 6.07) is 8.20. The molecule has 2 unspecified atom stereocenters. The van der Waals surface area contributed by atoms with Crippen LogP contribution in [0.5, 0.6) is 5.75 Å². The Morgan fingerprint density at radius 3 is 2.81 bits per heavy atom. The van der Waals surface area contributed by atoms with Gasteiger partial charge >= 0.3 is 0 Å². The third-order valence-electron chi connectivity index (χ3n) is 5.06. The second kappa shape index (κ2) is 8.09. The maximum absolute atomic E-state index is 11.7. The molecule has 1 aromatic carbocycles. The molecule has 0 bridgehead atoms. The van der Waals surface area contributed by atoms with Gasteiger partial charge in [0.05, 0.1) is 17.5 Å². The Labute approximate surface area is 162 Å². The largest absolute Gasteiger partial charge is 0.487 e. The highest BCUT2D eigenvalue weighted by Crippen LogP contribution is 2.39. The Bertz CT molecular complexity index is 789. The van der Waals surface area contributed by atoms with Crippen LogP contribution in [0.2, 0.25) is 0 Å². The van der Waals surface area contributed by atoms with Crippen molar-refractivity contribution in [1.29, 1.82) is 0 Å². The van der Waals surface area contributed by atoms with Crippen LogP contribution in [0, 0.1) is 5.92 Å². The second-order valence-electron chi connectivity index (χ2n) is 8.19. The Morgan fingerprint density at radius 2 is 2.11 bits per heavy atom. The summed E-state index contributed by atoms with van der Waals surface area (Å²) < 4.78 is 29.5. The molecule has 0 amide bonds. The lowest BCUT2D eigenvalue weighted by Crippen LogP contribution is -2.45. The summed E-state index contributed by atoms with van der Waals surface area (Å²) in [5.74, 6) is 2.32. The summed E-state index contributed by atoms with van der Waals surface area (Å²) in [6.45, 7) is 7.66. The van der Waals surface area contributed by atoms with Crippen molar-refractivity contribution in [2.75, 3.05) is 24.6 Å². The number of nitrogens with zero attached hydrogens (tertiary/aromatic N) is 1. The lowest BCUT2D eigenvalue weighted by Gasteiger charge is -2.38. The first-order valence-corrected chi connectivity index (χ1v) is 11.6. The highest BCUT2D eigenvalue weighted by atomic mass is 32.2. The van der Waals surface area contributed by atoms with Crippen molar-refractivity contribution in [2.24, 2.45) is 10.9 Å². The molecule has 6 nitrogen and oxygen atoms in total. The lowest BCUT2D eigenvalue weighted by atomic mass is 9.90. The average Bonchev–Trinajstić information content (AvgIpc) is 2.95. The van der Waals surface area contributed by atoms with Crippen molar-refractivity contribution in [3.63, 3.8) is 0 Å². The van der Waals surface area contributed by atoms with Gasteiger partial charge in [-0.3, -0.25) is 4.99 Å². The quantitative estimate of drug-likeness (QED) is 0.594. The van der Waals surface area contributed by atoms with Crippen molar-refractivity contribution >= 4 is 15.8 Å². The molecule has 0 spiro atoms. The molecule has 27 heavy (non-hydrogen) atoms. The van der Waals surface area contributed by atoms with Gasteiger partial charge in [0, 0.05) is 25.1 Å². The Balaban J connectivity index is 1.75. The van der Waals surface area contributed by atoms with Crippen LogP contribution in [0.25, 0.3) is 0 Å². The molecule has 150 valence electrons. The van der Waals surface area contributed by atoms with Crippen LogP contribution in [-0.2, 0) is 9.84 Å². The van der Waals surface area contributed by atoms with E-state index >= 15 is 0 Å². The number of sulfone groups is 1. The number of guanidine groups is 1. The minimum atomic E-state index is -2.87. The molecule has 1 saturated heterocycles. The number of ether oxygens (including phenoxy) is 1. The molecular weight excluding hydrogens is 362 g/mol. The molecule has 2 aliphatic rings. The fourth-order valence-electron chi connectivity index (χ4n) is 3.73. The average molecular weight is 394 g/mol. The van der Waals surface area contributed by atoms with Gasteiger partial charge in [-0.15, -0.1) is 0 Å². The van der Waals surface area contributed by atoms with E-state index in [0.717, 1.165) is 36.7 Å². The zero-order chi connectivity index (χ0) is 19.5. The number of rotatable bonds is 5. The fourth-order valence-corrected chi connectivity index (χ4v) is 5.58. The van der Waals surface area contributed by atoms with Gasteiger partial charge in [0.2, 0.25) is 0 Å². The van der Waals surface area contributed by atoms with E-state index in [9.17, 15) is 8.42 Å². The smallest absolute Gasteiger partial charge is 0.191 e. The zero-order valence-electron chi connectivity index (χ0n) is 16.5. The first kappa shape index (κ1) is 20.0. The van der Waals surface area contributed by atoms with Gasteiger partial charge < -0.3 is 15.4 Å². The van der Waals surface area contributed by atoms with E-state index in [4.69, 9.17) is 9.73 Å². The Hall–Kier alpha value is -1.76. The second-order valence-corrected chi connectivity index (χ2v) is 10.4. The molecule has 2 N–H and O–H groups in total. The number of para-hydroxylation sites is 1. The third kappa shape index (κ3) is 5.37. The molecule has 0 aliphatic carbocycles. The maximum atomic E-state index is 11.7. The van der Waals surface area contributed by atoms with Crippen molar-refractivity contribution in [3.8, 4) is 5.75 Å². The third-order valence-corrected chi connectivity index (χ3v) is 6.90. The van der Waals surface area contributed by atoms with Crippen LogP contribution in [0.4, 0.5) is 0 Å². The van der Waals surface area contributed by atoms with Crippen LogP contribution in [-0.4, -0.2) is 44.6 Å². The number of hydrogen-bond donors (Lipinski definition) is 2. The summed E-state index contributed by atoms with van der Waals surface area (Å²) in [7, 11) is -2.87. The van der Waals surface area contributed by atoms with Gasteiger partial charge in [0.1, 0.15) is 11.4 Å². The molecule has 0 radical (unpaired) electrons. The van der Waals surface area contributed by atoms with E-state index in [1.54, 1.807) is 0 Å². The van der Waals surface area contributed by atoms with Gasteiger partial charge in [-0.2, -0.15) is 0 Å². The number of hydrogen-bond acceptors (Lipinski definition) is 4. The van der Waals surface area contributed by atoms with E-state index in [0.29, 0.717) is 18.7 Å². The lowest BCUT2D eigenvalue weighted by molar-refractivity contribution is 0.0694. The maximum Gasteiger partial charge on any atom is 0.191 e. The standard InChI is InChI=1S/C20H31N3O3S/c1-4-10-21-19(22-13-15-9-11-27(24,25)14-15)23-17-12-20(2,3)26-18-8-6-5-7-16(17)18/h5-8,15,17H,4,9-14H2,1-3H3,(H2,21,22,23). The summed E-state index contributed by atoms with van der Waals surface area (Å²) >= 11 is 0. The summed E-state index contributed by atoms with van der Waals surface area (Å²) in [4.78, 5) is 4.71. The van der Waals surface area contributed by atoms with E-state index in [1.165, 1.54) is 0 Å². The molecule has 3 rings (SSSR count). The minimum absolute atomic E-state index is 0.0976. The molecule has 0 aromatic heterocycles. The molecule has 1 fully saturated rings. The van der Waals surface area contributed by atoms with Gasteiger partial charge in [0.15, 0.2) is 15.8 Å². The van der Waals surface area contributed by atoms with Crippen molar-refractivity contribution in [2.45, 2.75) is 51.7 Å². The molecule has 2 atom stereocenters. The van der Waals surface area contributed by atoms with Gasteiger partial charge in [-0.25, -0.2) is 8.42 Å². The zero-order valence-corrected chi connectivity index (χ0v) is 17.3. The topological polar surface area (TPSA) is 79.8 Å². The number of benzene rings is 1. The molecule has 2 aliphatic heterocycles. The Morgan fingerprint density at radius 1 is 1.33 bits per heavy atom. The predicted molar refractivity (Wildman–Crippen MR) is 109 cm³/mol. The minimum Gasteiger partial charge on any atom is -0.487 e. The fraction of sp³-hybridized carbons (Fsp3) is 0.650. The normalized spacial score (nSPS) is 26.1. The van der Waals surface area contributed by atoms with Crippen molar-refractivity contribution in [3.05, 3.63) is 29.8 Å². The van der Waals surface area contributed by atoms with Crippen molar-refractivity contribution < 1.29 is 13.2 Å². The number of aliphatic imine (C=N–C) groups is 1. The molecule has 2 heterocycles. The van der Waals surface area contributed by atoms with E-state index < -0.39 is 9.84 Å². The first-order chi connectivity index (χ1) is 12.8. The van der Waals surface area contributed by atoms with E-state index in [1.807, 2.05) is 18.2 Å². The first-order valence-electron chi connectivity index (χ1n) is 9.81. The molecule has 1 aromatic rings. The monoisotopic (exact) mass is 393 g/mol. The van der Waals surface area contributed by atoms with Gasteiger partial charge in [-0.05, 0) is 38.7 Å². The molecular formula is C20H31N3O3S. The highest BCUT2D eigenvalue weighted by Gasteiger charge is 2.34. The highest BCUT2D eigenvalue weighted by molar-refractivity contribution is 7.91. The van der Waals surface area contributed by atoms with Gasteiger partial charge in [0.25, 0.3) is 0 Å². The van der Waals surface area contributed by atoms with Crippen molar-refractivity contribution in [1.82, 2.24) is 10.6 Å². The molecule has 7 heteroatoms. The van der Waals surface area contributed by atoms with Crippen LogP contribution < -0.4 is 15.4 Å². The van der Waals surface area contributed by atoms with Crippen LogP contribution in [0.15, 0.2) is 29.3 Å². The van der Waals surface area contributed by atoms with Crippen LogP contribution >= 0.6 is 0 Å². The van der Waals surface area contributed by atoms with E-state index in [-0.39, 0.29) is 23.3 Å². The summed E-state index contributed by atoms with van der Waals surface area (Å²) in [6.07, 6.45) is 2.53. The summed E-state index contributed by atoms with van der Waals surface area (Å²) in [5.41, 5.74) is 0.868. The Kier molecular flexibility index (Phi) is 5.99.